The number of nitrogens with zero attached hydrogens (tertiary/aromatic N) is 2. The molecule has 0 aliphatic carbocycles. The molecule has 0 atom stereocenters. The molecule has 2 aromatic carbocycles. The van der Waals surface area contributed by atoms with Gasteiger partial charge in [0.05, 0.1) is 17.6 Å². The van der Waals surface area contributed by atoms with E-state index < -0.39 is 0 Å². The third kappa shape index (κ3) is 3.45. The third-order valence-corrected chi connectivity index (χ3v) is 5.05. The number of aromatic nitrogens is 2. The lowest BCUT2D eigenvalue weighted by atomic mass is 10.1. The van der Waals surface area contributed by atoms with Crippen molar-refractivity contribution >= 4 is 44.9 Å². The molecule has 0 spiro atoms. The highest BCUT2D eigenvalue weighted by molar-refractivity contribution is 7.14. The molecule has 6 heteroatoms. The van der Waals surface area contributed by atoms with E-state index in [4.69, 9.17) is 11.6 Å². The number of pyridine rings is 1. The van der Waals surface area contributed by atoms with Crippen molar-refractivity contribution in [3.05, 3.63) is 76.8 Å². The number of benzene rings is 2. The summed E-state index contributed by atoms with van der Waals surface area (Å²) in [5, 5.41) is 6.96. The molecule has 2 heterocycles. The Morgan fingerprint density at radius 3 is 2.81 bits per heavy atom. The number of rotatable bonds is 4. The largest absolute Gasteiger partial charge is 0.302 e. The van der Waals surface area contributed by atoms with Crippen LogP contribution in [0.2, 0.25) is 5.02 Å². The number of hydrogen-bond donors (Lipinski definition) is 1. The first-order valence-electron chi connectivity index (χ1n) is 8.03. The van der Waals surface area contributed by atoms with Gasteiger partial charge in [0.2, 0.25) is 5.91 Å². The number of para-hydroxylation sites is 1. The quantitative estimate of drug-likeness (QED) is 0.530. The van der Waals surface area contributed by atoms with E-state index in [0.717, 1.165) is 27.7 Å². The highest BCUT2D eigenvalue weighted by Crippen LogP contribution is 2.30. The maximum absolute atomic E-state index is 12.4. The van der Waals surface area contributed by atoms with Gasteiger partial charge in [-0.2, -0.15) is 0 Å². The van der Waals surface area contributed by atoms with Gasteiger partial charge in [-0.25, -0.2) is 4.98 Å². The Labute approximate surface area is 159 Å². The number of nitrogens with one attached hydrogen (secondary N) is 1. The minimum Gasteiger partial charge on any atom is -0.302 e. The summed E-state index contributed by atoms with van der Waals surface area (Å²) < 4.78 is 0. The molecule has 0 radical (unpaired) electrons. The number of amides is 1. The molecule has 0 saturated heterocycles. The average Bonchev–Trinajstić information content (AvgIpc) is 3.10. The van der Waals surface area contributed by atoms with Crippen LogP contribution in [0.5, 0.6) is 0 Å². The molecule has 0 saturated carbocycles. The number of hydrogen-bond acceptors (Lipinski definition) is 4. The standard InChI is InChI=1S/C20H14ClN3OS/c21-16-9-2-1-8-15(16)17-12-26-20(23-17)24-18(25)11-14-6-3-5-13-7-4-10-22-19(13)14/h1-10,12H,11H2,(H,23,24,25). The van der Waals surface area contributed by atoms with Crippen LogP contribution < -0.4 is 5.32 Å². The summed E-state index contributed by atoms with van der Waals surface area (Å²) in [6, 6.07) is 17.2. The molecule has 128 valence electrons. The Bertz CT molecular complexity index is 1090. The molecule has 4 aromatic rings. The molecule has 1 N–H and O–H groups in total. The van der Waals surface area contributed by atoms with Gasteiger partial charge < -0.3 is 5.32 Å². The predicted octanol–water partition coefficient (Wildman–Crippen LogP) is 5.19. The lowest BCUT2D eigenvalue weighted by Crippen LogP contribution is -2.14. The van der Waals surface area contributed by atoms with Crippen LogP contribution in [0.15, 0.2) is 66.2 Å². The number of thiazole rings is 1. The first-order valence-corrected chi connectivity index (χ1v) is 9.29. The van der Waals surface area contributed by atoms with Crippen LogP contribution in [-0.2, 0) is 11.2 Å². The van der Waals surface area contributed by atoms with Gasteiger partial charge in [-0.1, -0.05) is 54.1 Å². The second-order valence-electron chi connectivity index (χ2n) is 5.73. The minimum absolute atomic E-state index is 0.122. The zero-order valence-corrected chi connectivity index (χ0v) is 15.2. The number of anilines is 1. The average molecular weight is 380 g/mol. The number of carbonyl (C=O) groups is 1. The van der Waals surface area contributed by atoms with E-state index in [2.05, 4.69) is 15.3 Å². The molecule has 0 fully saturated rings. The van der Waals surface area contributed by atoms with E-state index in [1.54, 1.807) is 6.20 Å². The van der Waals surface area contributed by atoms with E-state index >= 15 is 0 Å². The van der Waals surface area contributed by atoms with Crippen LogP contribution in [0.3, 0.4) is 0 Å². The molecule has 1 amide bonds. The van der Waals surface area contributed by atoms with Crippen LogP contribution in [0.25, 0.3) is 22.2 Å². The fourth-order valence-corrected chi connectivity index (χ4v) is 3.73. The Hall–Kier alpha value is -2.76. The van der Waals surface area contributed by atoms with Crippen LogP contribution >= 0.6 is 22.9 Å². The summed E-state index contributed by atoms with van der Waals surface area (Å²) in [6.45, 7) is 0. The minimum atomic E-state index is -0.122. The van der Waals surface area contributed by atoms with Gasteiger partial charge in [-0.05, 0) is 17.7 Å². The van der Waals surface area contributed by atoms with E-state index in [-0.39, 0.29) is 12.3 Å². The molecular weight excluding hydrogens is 366 g/mol. The lowest BCUT2D eigenvalue weighted by Gasteiger charge is -2.05. The maximum atomic E-state index is 12.4. The van der Waals surface area contributed by atoms with Gasteiger partial charge in [0.25, 0.3) is 0 Å². The van der Waals surface area contributed by atoms with E-state index in [1.807, 2.05) is 60.0 Å². The second-order valence-corrected chi connectivity index (χ2v) is 7.00. The molecule has 0 bridgehead atoms. The molecule has 0 aliphatic rings. The van der Waals surface area contributed by atoms with E-state index in [1.165, 1.54) is 11.3 Å². The molecule has 0 aliphatic heterocycles. The SMILES string of the molecule is O=C(Cc1cccc2cccnc12)Nc1nc(-c2ccccc2Cl)cs1. The van der Waals surface area contributed by atoms with Gasteiger partial charge in [0.15, 0.2) is 5.13 Å². The molecule has 2 aromatic heterocycles. The fourth-order valence-electron chi connectivity index (χ4n) is 2.77. The van der Waals surface area contributed by atoms with Gasteiger partial charge in [-0.15, -0.1) is 11.3 Å². The highest BCUT2D eigenvalue weighted by atomic mass is 35.5. The third-order valence-electron chi connectivity index (χ3n) is 3.97. The Kier molecular flexibility index (Phi) is 4.65. The van der Waals surface area contributed by atoms with Crippen molar-refractivity contribution < 1.29 is 4.79 Å². The topological polar surface area (TPSA) is 54.9 Å². The van der Waals surface area contributed by atoms with Crippen LogP contribution in [-0.4, -0.2) is 15.9 Å². The Morgan fingerprint density at radius 1 is 1.08 bits per heavy atom. The molecule has 4 nitrogen and oxygen atoms in total. The zero-order chi connectivity index (χ0) is 17.9. The number of halogens is 1. The van der Waals surface area contributed by atoms with Crippen molar-refractivity contribution in [1.82, 2.24) is 9.97 Å². The lowest BCUT2D eigenvalue weighted by molar-refractivity contribution is -0.115. The predicted molar refractivity (Wildman–Crippen MR) is 107 cm³/mol. The zero-order valence-electron chi connectivity index (χ0n) is 13.6. The van der Waals surface area contributed by atoms with Crippen molar-refractivity contribution in [2.75, 3.05) is 5.32 Å². The van der Waals surface area contributed by atoms with E-state index in [9.17, 15) is 4.79 Å². The maximum Gasteiger partial charge on any atom is 0.230 e. The Balaban J connectivity index is 1.51. The van der Waals surface area contributed by atoms with Crippen molar-refractivity contribution in [2.45, 2.75) is 6.42 Å². The number of fused-ring (bicyclic) bond motifs is 1. The summed E-state index contributed by atoms with van der Waals surface area (Å²) in [5.74, 6) is -0.122. The van der Waals surface area contributed by atoms with Crippen LogP contribution in [0, 0.1) is 0 Å². The first-order chi connectivity index (χ1) is 12.7. The van der Waals surface area contributed by atoms with Crippen molar-refractivity contribution in [3.63, 3.8) is 0 Å². The summed E-state index contributed by atoms with van der Waals surface area (Å²) in [5.41, 5.74) is 3.34. The Morgan fingerprint density at radius 2 is 1.92 bits per heavy atom. The van der Waals surface area contributed by atoms with Crippen molar-refractivity contribution in [2.24, 2.45) is 0 Å². The van der Waals surface area contributed by atoms with Crippen LogP contribution in [0.1, 0.15) is 5.56 Å². The molecule has 0 unspecified atom stereocenters. The first kappa shape index (κ1) is 16.7. The van der Waals surface area contributed by atoms with Gasteiger partial charge in [0, 0.05) is 27.5 Å². The van der Waals surface area contributed by atoms with Crippen molar-refractivity contribution in [1.29, 1.82) is 0 Å². The summed E-state index contributed by atoms with van der Waals surface area (Å²) in [6.07, 6.45) is 1.98. The van der Waals surface area contributed by atoms with Crippen LogP contribution in [0.4, 0.5) is 5.13 Å². The summed E-state index contributed by atoms with van der Waals surface area (Å²) >= 11 is 7.59. The van der Waals surface area contributed by atoms with Crippen molar-refractivity contribution in [3.8, 4) is 11.3 Å². The smallest absolute Gasteiger partial charge is 0.230 e. The molecule has 4 rings (SSSR count). The second kappa shape index (κ2) is 7.23. The number of carbonyl (C=O) groups excluding carboxylic acids is 1. The van der Waals surface area contributed by atoms with Gasteiger partial charge in [0.1, 0.15) is 0 Å². The normalized spacial score (nSPS) is 10.8. The summed E-state index contributed by atoms with van der Waals surface area (Å²) in [4.78, 5) is 21.3. The molecular formula is C20H14ClN3OS. The van der Waals surface area contributed by atoms with Gasteiger partial charge in [-0.3, -0.25) is 9.78 Å². The van der Waals surface area contributed by atoms with Gasteiger partial charge >= 0.3 is 0 Å². The monoisotopic (exact) mass is 379 g/mol. The summed E-state index contributed by atoms with van der Waals surface area (Å²) in [7, 11) is 0. The van der Waals surface area contributed by atoms with E-state index in [0.29, 0.717) is 10.2 Å². The highest BCUT2D eigenvalue weighted by Gasteiger charge is 2.12. The fraction of sp³-hybridized carbons (Fsp3) is 0.0500. The molecule has 26 heavy (non-hydrogen) atoms.